The summed E-state index contributed by atoms with van der Waals surface area (Å²) in [5.74, 6) is 0.772. The van der Waals surface area contributed by atoms with Crippen LogP contribution in [0, 0.1) is 46.0 Å². The zero-order chi connectivity index (χ0) is 25.2. The van der Waals surface area contributed by atoms with Crippen molar-refractivity contribution in [1.29, 1.82) is 0 Å². The molecule has 0 atom stereocenters. The van der Waals surface area contributed by atoms with Crippen LogP contribution >= 0.6 is 20.6 Å². The molecule has 0 N–H and O–H groups in total. The molecule has 0 radical (unpaired) electrons. The van der Waals surface area contributed by atoms with E-state index in [2.05, 4.69) is 97.6 Å². The first kappa shape index (κ1) is 32.8. The number of benzene rings is 3. The van der Waals surface area contributed by atoms with Crippen molar-refractivity contribution in [3.63, 3.8) is 0 Å². The number of hydrogen-bond donors (Lipinski definition) is 1. The van der Waals surface area contributed by atoms with Gasteiger partial charge in [-0.2, -0.15) is 12.6 Å². The van der Waals surface area contributed by atoms with Crippen molar-refractivity contribution >= 4 is 36.5 Å². The van der Waals surface area contributed by atoms with Gasteiger partial charge in [0, 0.05) is 5.75 Å². The smallest absolute Gasteiger partial charge is 0.356 e. The topological polar surface area (TPSA) is 199 Å². The number of nitrogens with zero attached hydrogens (tertiary/aromatic N) is 3. The molecule has 0 amide bonds. The molecule has 0 aromatic heterocycles. The average Bonchev–Trinajstić information content (AvgIpc) is 2.75. The van der Waals surface area contributed by atoms with Crippen molar-refractivity contribution in [3.05, 3.63) is 136 Å². The van der Waals surface area contributed by atoms with Gasteiger partial charge in [-0.3, -0.25) is 0 Å². The second kappa shape index (κ2) is 19.2. The van der Waals surface area contributed by atoms with E-state index >= 15 is 0 Å². The summed E-state index contributed by atoms with van der Waals surface area (Å²) in [5.41, 5.74) is 1.32. The van der Waals surface area contributed by atoms with Gasteiger partial charge < -0.3 is 46.0 Å². The fourth-order valence-electron chi connectivity index (χ4n) is 2.44. The molecule has 0 unspecified atom stereocenters. The maximum absolute atomic E-state index is 8.25. The first-order valence-corrected chi connectivity index (χ1v) is 10.6. The summed E-state index contributed by atoms with van der Waals surface area (Å²) < 4.78 is 0. The molecular weight excluding hydrogens is 580 g/mol. The molecule has 34 heavy (non-hydrogen) atoms. The summed E-state index contributed by atoms with van der Waals surface area (Å²) in [4.78, 5) is 24.8. The van der Waals surface area contributed by atoms with Crippen LogP contribution < -0.4 is 15.9 Å². The van der Waals surface area contributed by atoms with E-state index < -0.39 is 23.2 Å². The summed E-state index contributed by atoms with van der Waals surface area (Å²) in [6.07, 6.45) is 0. The first-order chi connectivity index (χ1) is 15.6. The molecule has 0 saturated carbocycles. The number of hydrogen-bond acceptors (Lipinski definition) is 10. The molecule has 0 spiro atoms. The third-order valence-corrected chi connectivity index (χ3v) is 6.32. The molecule has 0 saturated heterocycles. The summed E-state index contributed by atoms with van der Waals surface area (Å²) in [6, 6.07) is 30.2. The Morgan fingerprint density at radius 3 is 1.21 bits per heavy atom. The van der Waals surface area contributed by atoms with Gasteiger partial charge in [-0.15, -0.1) is 0 Å². The van der Waals surface area contributed by atoms with Crippen LogP contribution in [0.15, 0.2) is 84.9 Å². The minimum atomic E-state index is -1.75. The minimum Gasteiger partial charge on any atom is -0.356 e. The Balaban J connectivity index is 0. The molecule has 0 aliphatic rings. The normalized spacial score (nSPS) is 8.76. The minimum absolute atomic E-state index is 0. The van der Waals surface area contributed by atoms with Crippen molar-refractivity contribution in [2.24, 2.45) is 0 Å². The predicted octanol–water partition coefficient (Wildman–Crippen LogP) is 3.15. The molecule has 0 heterocycles. The SMILES string of the molecule is O=[N+]([O-])[O-].O=[N+]([O-])[O-].O=[N+]([O-])[O-].SCc1ccccc1P(c1ccccc1)c1ccccc1.[Rh+3]. The molecule has 3 aromatic rings. The van der Waals surface area contributed by atoms with Crippen LogP contribution in [0.3, 0.4) is 0 Å². The summed E-state index contributed by atoms with van der Waals surface area (Å²) in [7, 11) is -0.521. The van der Waals surface area contributed by atoms with Gasteiger partial charge in [-0.05, 0) is 29.4 Å². The third kappa shape index (κ3) is 15.5. The van der Waals surface area contributed by atoms with Gasteiger partial charge >= 0.3 is 19.5 Å². The van der Waals surface area contributed by atoms with Crippen LogP contribution in [0.25, 0.3) is 0 Å². The van der Waals surface area contributed by atoms with Crippen LogP contribution in [0.2, 0.25) is 0 Å². The van der Waals surface area contributed by atoms with Gasteiger partial charge in [-0.1, -0.05) is 84.9 Å². The molecule has 0 fully saturated rings. The summed E-state index contributed by atoms with van der Waals surface area (Å²) >= 11 is 4.51. The van der Waals surface area contributed by atoms with Gasteiger partial charge in [0.25, 0.3) is 0 Å². The van der Waals surface area contributed by atoms with Gasteiger partial charge in [0.1, 0.15) is 0 Å². The van der Waals surface area contributed by atoms with E-state index in [1.54, 1.807) is 0 Å². The molecule has 3 aromatic carbocycles. The Labute approximate surface area is 213 Å². The van der Waals surface area contributed by atoms with Crippen molar-refractivity contribution in [1.82, 2.24) is 0 Å². The molecule has 0 bridgehead atoms. The average molecular weight is 597 g/mol. The maximum atomic E-state index is 8.25. The molecule has 0 aliphatic heterocycles. The third-order valence-electron chi connectivity index (χ3n) is 3.43. The van der Waals surface area contributed by atoms with Crippen LogP contribution in [0.5, 0.6) is 0 Å². The zero-order valence-corrected chi connectivity index (χ0v) is 20.5. The Kier molecular flexibility index (Phi) is 18.5. The van der Waals surface area contributed by atoms with E-state index in [1.165, 1.54) is 21.5 Å². The number of thiol groups is 1. The van der Waals surface area contributed by atoms with E-state index in [0.717, 1.165) is 5.75 Å². The van der Waals surface area contributed by atoms with Gasteiger partial charge in [0.2, 0.25) is 0 Å². The fraction of sp³-hybridized carbons (Fsp3) is 0.0526. The van der Waals surface area contributed by atoms with E-state index in [-0.39, 0.29) is 19.5 Å². The second-order valence-corrected chi connectivity index (χ2v) is 7.97. The van der Waals surface area contributed by atoms with Crippen LogP contribution in [-0.2, 0) is 25.2 Å². The van der Waals surface area contributed by atoms with Gasteiger partial charge in [0.05, 0.1) is 15.3 Å². The summed E-state index contributed by atoms with van der Waals surface area (Å²) in [5, 5.41) is 48.4. The van der Waals surface area contributed by atoms with Gasteiger partial charge in [-0.25, -0.2) is 0 Å². The predicted molar refractivity (Wildman–Crippen MR) is 129 cm³/mol. The van der Waals surface area contributed by atoms with Gasteiger partial charge in [0.15, 0.2) is 0 Å². The van der Waals surface area contributed by atoms with E-state index in [4.69, 9.17) is 46.0 Å². The quantitative estimate of drug-likeness (QED) is 0.154. The number of rotatable bonds is 4. The molecular formula is C19H17N3O9PRhS. The molecule has 3 rings (SSSR count). The molecule has 182 valence electrons. The van der Waals surface area contributed by atoms with Crippen LogP contribution in [0.1, 0.15) is 5.56 Å². The Morgan fingerprint density at radius 2 is 0.882 bits per heavy atom. The monoisotopic (exact) mass is 597 g/mol. The van der Waals surface area contributed by atoms with Crippen molar-refractivity contribution < 1.29 is 34.7 Å². The van der Waals surface area contributed by atoms with Crippen LogP contribution in [0.4, 0.5) is 0 Å². The van der Waals surface area contributed by atoms with Crippen LogP contribution in [-0.4, -0.2) is 15.3 Å². The van der Waals surface area contributed by atoms with Crippen molar-refractivity contribution in [3.8, 4) is 0 Å². The van der Waals surface area contributed by atoms with Crippen molar-refractivity contribution in [2.75, 3.05) is 0 Å². The largest absolute Gasteiger partial charge is 3.00 e. The fourth-order valence-corrected chi connectivity index (χ4v) is 5.32. The Morgan fingerprint density at radius 1 is 0.588 bits per heavy atom. The van der Waals surface area contributed by atoms with Crippen molar-refractivity contribution in [2.45, 2.75) is 5.75 Å². The van der Waals surface area contributed by atoms with E-state index in [9.17, 15) is 0 Å². The molecule has 0 aliphatic carbocycles. The van der Waals surface area contributed by atoms with E-state index in [0.29, 0.717) is 0 Å². The second-order valence-electron chi connectivity index (χ2n) is 5.46. The summed E-state index contributed by atoms with van der Waals surface area (Å²) in [6.45, 7) is 0. The molecule has 12 nitrogen and oxygen atoms in total. The standard InChI is InChI=1S/C19H17PS.3NO3.Rh/c21-15-16-9-7-8-14-19(16)20(17-10-3-1-4-11-17)18-12-5-2-6-13-18;3*2-1(3)4;/h1-14,21H,15H2;;;;/q;3*-1;+3. The van der Waals surface area contributed by atoms with E-state index in [1.807, 2.05) is 0 Å². The first-order valence-electron chi connectivity index (χ1n) is 8.63. The Hall–Kier alpha value is -3.34. The Bertz CT molecular complexity index is 925. The molecule has 15 heteroatoms. The maximum Gasteiger partial charge on any atom is 3.00 e. The zero-order valence-electron chi connectivity index (χ0n) is 17.0.